The summed E-state index contributed by atoms with van der Waals surface area (Å²) in [5.41, 5.74) is 1.43. The molecule has 5 heterocycles. The van der Waals surface area contributed by atoms with Crippen molar-refractivity contribution in [2.45, 2.75) is 163 Å². The average Bonchev–Trinajstić information content (AvgIpc) is 3.25. The van der Waals surface area contributed by atoms with Crippen LogP contribution in [0.1, 0.15) is 121 Å². The van der Waals surface area contributed by atoms with Gasteiger partial charge in [-0.3, -0.25) is 14.7 Å². The topological polar surface area (TPSA) is 31.4 Å². The third-order valence-electron chi connectivity index (χ3n) is 9.80. The maximum Gasteiger partial charge on any atom is 0.0992 e. The summed E-state index contributed by atoms with van der Waals surface area (Å²) in [6.07, 6.45) is 11.7. The Morgan fingerprint density at radius 2 is 1.19 bits per heavy atom. The Hall–Kier alpha value is -0.500. The van der Waals surface area contributed by atoms with Crippen molar-refractivity contribution in [2.75, 3.05) is 52.6 Å². The molecule has 0 aromatic rings. The van der Waals surface area contributed by atoms with E-state index >= 15 is 0 Å². The Labute approximate surface area is 262 Å². The molecule has 0 N–H and O–H groups in total. The zero-order valence-electron chi connectivity index (χ0n) is 29.7. The van der Waals surface area contributed by atoms with E-state index < -0.39 is 0 Å². The van der Waals surface area contributed by atoms with E-state index in [9.17, 15) is 0 Å². The summed E-state index contributed by atoms with van der Waals surface area (Å²) in [6.45, 7) is 35.4. The number of morpholine rings is 1. The number of ether oxygens (including phenoxy) is 2. The largest absolute Gasteiger partial charge is 0.373 e. The molecule has 6 rings (SSSR count). The lowest BCUT2D eigenvalue weighted by atomic mass is 9.79. The molecule has 5 aliphatic heterocycles. The normalized spacial score (nSPS) is 29.9. The van der Waals surface area contributed by atoms with Crippen molar-refractivity contribution < 1.29 is 9.47 Å². The van der Waals surface area contributed by atoms with Crippen LogP contribution in [0, 0.1) is 5.92 Å². The summed E-state index contributed by atoms with van der Waals surface area (Å²) in [5.74, 6) is 1.04. The fraction of sp³-hybridized carbons (Fsp3) is 0.944. The molecule has 6 aliphatic rings. The number of likely N-dealkylation sites (tertiary alicyclic amines) is 1. The van der Waals surface area contributed by atoms with Crippen LogP contribution in [0.25, 0.3) is 0 Å². The van der Waals surface area contributed by atoms with E-state index in [2.05, 4.69) is 95.4 Å². The van der Waals surface area contributed by atoms with Gasteiger partial charge in [0.1, 0.15) is 0 Å². The zero-order valence-corrected chi connectivity index (χ0v) is 29.7. The fourth-order valence-electron chi connectivity index (χ4n) is 6.91. The monoisotopic (exact) mass is 593 g/mol. The van der Waals surface area contributed by atoms with Gasteiger partial charge in [0.15, 0.2) is 0 Å². The molecular weight excluding hydrogens is 520 g/mol. The van der Waals surface area contributed by atoms with Gasteiger partial charge in [-0.15, -0.1) is 0 Å². The molecule has 0 aromatic heterocycles. The summed E-state index contributed by atoms with van der Waals surface area (Å²) >= 11 is 0. The number of nitrogens with zero attached hydrogens (tertiary/aromatic N) is 4. The van der Waals surface area contributed by atoms with E-state index in [1.54, 1.807) is 0 Å². The maximum atomic E-state index is 5.62. The van der Waals surface area contributed by atoms with E-state index in [1.165, 1.54) is 83.1 Å². The molecule has 42 heavy (non-hydrogen) atoms. The van der Waals surface area contributed by atoms with Gasteiger partial charge in [0.2, 0.25) is 0 Å². The highest BCUT2D eigenvalue weighted by Gasteiger charge is 2.34. The number of hydrogen-bond donors (Lipinski definition) is 0. The zero-order chi connectivity index (χ0) is 31.2. The van der Waals surface area contributed by atoms with Gasteiger partial charge in [-0.1, -0.05) is 12.2 Å². The number of fused-ring (bicyclic) bond motifs is 3. The summed E-state index contributed by atoms with van der Waals surface area (Å²) in [4.78, 5) is 10.1. The first kappa shape index (κ1) is 37.7. The van der Waals surface area contributed by atoms with Crippen LogP contribution in [0.5, 0.6) is 0 Å². The summed E-state index contributed by atoms with van der Waals surface area (Å²) in [7, 11) is 0. The molecule has 0 spiro atoms. The van der Waals surface area contributed by atoms with Gasteiger partial charge in [0.25, 0.3) is 0 Å². The predicted octanol–water partition coefficient (Wildman–Crippen LogP) is 7.28. The van der Waals surface area contributed by atoms with E-state index in [0.29, 0.717) is 30.3 Å². The van der Waals surface area contributed by atoms with Gasteiger partial charge in [0.05, 0.1) is 18.9 Å². The van der Waals surface area contributed by atoms with Crippen LogP contribution in [-0.2, 0) is 9.47 Å². The van der Waals surface area contributed by atoms with Crippen molar-refractivity contribution >= 4 is 0 Å². The highest BCUT2D eigenvalue weighted by atomic mass is 16.5. The van der Waals surface area contributed by atoms with Crippen LogP contribution in [0.15, 0.2) is 12.2 Å². The molecular formula is C36H72N4O2. The minimum absolute atomic E-state index is 0.404. The summed E-state index contributed by atoms with van der Waals surface area (Å²) in [5, 5.41) is 0. The van der Waals surface area contributed by atoms with Crippen LogP contribution in [0.4, 0.5) is 0 Å². The van der Waals surface area contributed by atoms with Gasteiger partial charge in [0, 0.05) is 76.1 Å². The van der Waals surface area contributed by atoms with Crippen LogP contribution >= 0.6 is 0 Å². The van der Waals surface area contributed by atoms with Gasteiger partial charge in [-0.05, 0) is 127 Å². The molecule has 6 heteroatoms. The Balaban J connectivity index is 0.000000196. The summed E-state index contributed by atoms with van der Waals surface area (Å²) in [6, 6.07) is 3.73. The maximum absolute atomic E-state index is 5.62. The Kier molecular flexibility index (Phi) is 17.8. The van der Waals surface area contributed by atoms with Crippen LogP contribution in [0.2, 0.25) is 0 Å². The van der Waals surface area contributed by atoms with Crippen molar-refractivity contribution in [3.05, 3.63) is 12.2 Å². The van der Waals surface area contributed by atoms with Crippen molar-refractivity contribution in [1.29, 1.82) is 0 Å². The third-order valence-corrected chi connectivity index (χ3v) is 9.80. The second-order valence-electron chi connectivity index (χ2n) is 14.8. The van der Waals surface area contributed by atoms with Crippen LogP contribution in [-0.4, -0.2) is 115 Å². The number of piperidine rings is 3. The molecule has 248 valence electrons. The van der Waals surface area contributed by atoms with Crippen molar-refractivity contribution in [3.8, 4) is 0 Å². The molecule has 6 nitrogen and oxygen atoms in total. The van der Waals surface area contributed by atoms with E-state index in [4.69, 9.17) is 9.47 Å². The predicted molar refractivity (Wildman–Crippen MR) is 181 cm³/mol. The fourth-order valence-corrected chi connectivity index (χ4v) is 6.91. The molecule has 0 aromatic carbocycles. The van der Waals surface area contributed by atoms with E-state index in [0.717, 1.165) is 44.4 Å². The Bertz CT molecular complexity index is 691. The lowest BCUT2D eigenvalue weighted by Crippen LogP contribution is -2.50. The first-order valence-electron chi connectivity index (χ1n) is 17.7. The summed E-state index contributed by atoms with van der Waals surface area (Å²) < 4.78 is 11.0. The van der Waals surface area contributed by atoms with E-state index in [-0.39, 0.29) is 0 Å². The average molecular weight is 593 g/mol. The Morgan fingerprint density at radius 3 is 1.62 bits per heavy atom. The van der Waals surface area contributed by atoms with E-state index in [1.807, 2.05) is 0 Å². The van der Waals surface area contributed by atoms with Crippen molar-refractivity contribution in [3.63, 3.8) is 0 Å². The molecule has 1 aliphatic carbocycles. The second-order valence-corrected chi connectivity index (χ2v) is 14.8. The SMILES string of the molecule is C=C1CCN(C(C)C)CC1.CC(C)N1CC2CCC1CC2.CC(C)N1CCCCOC1.CC(C)N1C[C@@H](C)O[C@@H](C)C1. The number of rotatable bonds is 4. The van der Waals surface area contributed by atoms with Gasteiger partial charge in [-0.25, -0.2) is 0 Å². The first-order valence-corrected chi connectivity index (χ1v) is 17.7. The molecule has 6 fully saturated rings. The standard InChI is InChI=1S/C10H19N.C9H19NO.C9H17N.C8H17NO/c1-8(2)11-7-9-3-5-10(11)6-4-9;1-7(2)10-5-8(3)11-9(4)6-10;1-8(2)10-6-4-9(3)5-7-10;1-8(2)9-5-3-4-6-10-7-9/h8-10H,3-7H2,1-2H3;7-9H,5-6H2,1-4H3;2*8H,3-7H2,1-2H3/t;8-,9+;;. The highest BCUT2D eigenvalue weighted by molar-refractivity contribution is 4.99. The van der Waals surface area contributed by atoms with Crippen molar-refractivity contribution in [2.24, 2.45) is 5.92 Å². The molecule has 1 saturated carbocycles. The molecule has 5 saturated heterocycles. The number of hydrogen-bond acceptors (Lipinski definition) is 6. The Morgan fingerprint density at radius 1 is 0.643 bits per heavy atom. The molecule has 2 bridgehead atoms. The van der Waals surface area contributed by atoms with Crippen LogP contribution < -0.4 is 0 Å². The lowest BCUT2D eigenvalue weighted by Gasteiger charge is -2.47. The van der Waals surface area contributed by atoms with Crippen molar-refractivity contribution in [1.82, 2.24) is 19.6 Å². The van der Waals surface area contributed by atoms with Gasteiger partial charge >= 0.3 is 0 Å². The first-order chi connectivity index (χ1) is 19.9. The quantitative estimate of drug-likeness (QED) is 0.319. The minimum Gasteiger partial charge on any atom is -0.373 e. The molecule has 0 amide bonds. The van der Waals surface area contributed by atoms with Gasteiger partial charge < -0.3 is 14.4 Å². The van der Waals surface area contributed by atoms with Gasteiger partial charge in [-0.2, -0.15) is 0 Å². The molecule has 0 radical (unpaired) electrons. The van der Waals surface area contributed by atoms with Crippen LogP contribution in [0.3, 0.4) is 0 Å². The minimum atomic E-state index is 0.404. The molecule has 0 unspecified atom stereocenters. The lowest BCUT2D eigenvalue weighted by molar-refractivity contribution is -0.0764. The highest BCUT2D eigenvalue weighted by Crippen LogP contribution is 2.35. The smallest absolute Gasteiger partial charge is 0.0992 e. The second kappa shape index (κ2) is 19.8. The third kappa shape index (κ3) is 14.1. The molecule has 2 atom stereocenters.